The first-order valence-electron chi connectivity index (χ1n) is 11.7. The number of carbonyl (C=O) groups is 2. The minimum atomic E-state index is -1.91. The van der Waals surface area contributed by atoms with Crippen LogP contribution in [-0.2, 0) is 20.7 Å². The van der Waals surface area contributed by atoms with Gasteiger partial charge in [0.1, 0.15) is 18.6 Å². The summed E-state index contributed by atoms with van der Waals surface area (Å²) >= 11 is 0. The van der Waals surface area contributed by atoms with Crippen LogP contribution in [0.25, 0.3) is 17.1 Å². The maximum atomic E-state index is 13.6. The van der Waals surface area contributed by atoms with Crippen molar-refractivity contribution in [3.05, 3.63) is 114 Å². The summed E-state index contributed by atoms with van der Waals surface area (Å²) in [5.74, 6) is -3.04. The number of benzene rings is 2. The van der Waals surface area contributed by atoms with Crippen LogP contribution in [0.15, 0.2) is 97.7 Å². The fourth-order valence-corrected chi connectivity index (χ4v) is 4.17. The number of primary amides is 1. The minimum Gasteiger partial charge on any atom is -0.447 e. The number of hydrogen-bond donors (Lipinski definition) is 2. The third-order valence-electron chi connectivity index (χ3n) is 6.08. The molecule has 0 aliphatic carbocycles. The average molecular weight is 507 g/mol. The van der Waals surface area contributed by atoms with Crippen molar-refractivity contribution in [3.63, 3.8) is 0 Å². The zero-order valence-electron chi connectivity index (χ0n) is 20.0. The molecule has 5 rings (SSSR count). The number of nitriles is 1. The first kappa shape index (κ1) is 24.3. The van der Waals surface area contributed by atoms with Gasteiger partial charge in [-0.1, -0.05) is 42.5 Å². The van der Waals surface area contributed by atoms with E-state index in [9.17, 15) is 9.59 Å². The van der Waals surface area contributed by atoms with Crippen LogP contribution in [0.1, 0.15) is 21.5 Å². The second kappa shape index (κ2) is 10.3. The van der Waals surface area contributed by atoms with E-state index < -0.39 is 23.6 Å². The van der Waals surface area contributed by atoms with E-state index >= 15 is 0 Å². The summed E-state index contributed by atoms with van der Waals surface area (Å²) in [7, 11) is 0. The van der Waals surface area contributed by atoms with Gasteiger partial charge in [0.2, 0.25) is 0 Å². The maximum Gasteiger partial charge on any atom is 0.352 e. The molecule has 0 spiro atoms. The molecule has 38 heavy (non-hydrogen) atoms. The monoisotopic (exact) mass is 506 g/mol. The highest BCUT2D eigenvalue weighted by Gasteiger charge is 2.51. The van der Waals surface area contributed by atoms with Gasteiger partial charge in [0, 0.05) is 24.4 Å². The molecule has 0 saturated carbocycles. The lowest BCUT2D eigenvalue weighted by Gasteiger charge is -2.33. The van der Waals surface area contributed by atoms with E-state index in [1.807, 2.05) is 30.3 Å². The Balaban J connectivity index is 1.45. The molecule has 2 aromatic carbocycles. The van der Waals surface area contributed by atoms with Crippen molar-refractivity contribution >= 4 is 11.8 Å². The second-order valence-electron chi connectivity index (χ2n) is 8.46. The SMILES string of the molecule is N#Cc1ccc(-c2ccn(-c3ncccc3C(=O)NC(Cc3ccccc3)C3(C(N)=O)OC=CO3)n2)cc1. The van der Waals surface area contributed by atoms with Gasteiger partial charge in [0.05, 0.1) is 22.9 Å². The van der Waals surface area contributed by atoms with E-state index in [0.717, 1.165) is 11.1 Å². The van der Waals surface area contributed by atoms with Gasteiger partial charge in [-0.25, -0.2) is 9.67 Å². The standard InChI is InChI=1S/C28H22N6O4/c29-18-20-8-10-21(11-9-20)23-12-14-34(33-23)25-22(7-4-13-31-25)26(35)32-24(17-19-5-2-1-3-6-19)28(27(30)36)37-15-16-38-28/h1-16,24H,17H2,(H2,30,36)(H,32,35). The van der Waals surface area contributed by atoms with Crippen molar-refractivity contribution in [3.8, 4) is 23.1 Å². The Kier molecular flexibility index (Phi) is 6.57. The number of nitrogens with zero attached hydrogens (tertiary/aromatic N) is 4. The Morgan fingerprint density at radius 3 is 2.45 bits per heavy atom. The molecule has 0 bridgehead atoms. The van der Waals surface area contributed by atoms with Gasteiger partial charge in [-0.3, -0.25) is 9.59 Å². The molecule has 0 saturated heterocycles. The maximum absolute atomic E-state index is 13.6. The quantitative estimate of drug-likeness (QED) is 0.374. The Hall–Kier alpha value is -5.43. The number of pyridine rings is 1. The molecule has 10 nitrogen and oxygen atoms in total. The molecule has 188 valence electrons. The number of hydrogen-bond acceptors (Lipinski definition) is 7. The zero-order valence-corrected chi connectivity index (χ0v) is 20.0. The van der Waals surface area contributed by atoms with E-state index in [1.165, 1.54) is 17.2 Å². The molecule has 2 amide bonds. The molecule has 1 atom stereocenters. The Labute approximate surface area is 217 Å². The topological polar surface area (TPSA) is 145 Å². The van der Waals surface area contributed by atoms with E-state index in [-0.39, 0.29) is 17.8 Å². The molecular formula is C28H22N6O4. The van der Waals surface area contributed by atoms with Crippen LogP contribution in [0.2, 0.25) is 0 Å². The third kappa shape index (κ3) is 4.68. The summed E-state index contributed by atoms with van der Waals surface area (Å²) in [6.07, 6.45) is 5.88. The number of ether oxygens (including phenoxy) is 2. The molecule has 1 aliphatic heterocycles. The Morgan fingerprint density at radius 1 is 1.03 bits per heavy atom. The third-order valence-corrected chi connectivity index (χ3v) is 6.08. The van der Waals surface area contributed by atoms with Crippen LogP contribution in [0.5, 0.6) is 0 Å². The van der Waals surface area contributed by atoms with Crippen LogP contribution in [-0.4, -0.2) is 38.4 Å². The summed E-state index contributed by atoms with van der Waals surface area (Å²) in [6, 6.07) is 22.4. The molecule has 3 N–H and O–H groups in total. The lowest BCUT2D eigenvalue weighted by Crippen LogP contribution is -2.61. The normalized spacial score (nSPS) is 14.1. The van der Waals surface area contributed by atoms with Crippen molar-refractivity contribution in [1.82, 2.24) is 20.1 Å². The van der Waals surface area contributed by atoms with Crippen molar-refractivity contribution < 1.29 is 19.1 Å². The van der Waals surface area contributed by atoms with Gasteiger partial charge in [0.25, 0.3) is 5.91 Å². The summed E-state index contributed by atoms with van der Waals surface area (Å²) in [6.45, 7) is 0. The summed E-state index contributed by atoms with van der Waals surface area (Å²) in [5.41, 5.74) is 8.71. The lowest BCUT2D eigenvalue weighted by molar-refractivity contribution is -0.182. The molecule has 0 radical (unpaired) electrons. The first-order chi connectivity index (χ1) is 18.5. The van der Waals surface area contributed by atoms with Crippen LogP contribution in [0, 0.1) is 11.3 Å². The van der Waals surface area contributed by atoms with E-state index in [1.54, 1.807) is 54.9 Å². The predicted octanol–water partition coefficient (Wildman–Crippen LogP) is 2.85. The number of amides is 2. The fraction of sp³-hybridized carbons (Fsp3) is 0.107. The van der Waals surface area contributed by atoms with Gasteiger partial charge >= 0.3 is 11.7 Å². The van der Waals surface area contributed by atoms with E-state index in [4.69, 9.17) is 20.5 Å². The van der Waals surface area contributed by atoms with Crippen LogP contribution >= 0.6 is 0 Å². The molecular weight excluding hydrogens is 484 g/mol. The highest BCUT2D eigenvalue weighted by atomic mass is 16.7. The molecule has 0 fully saturated rings. The van der Waals surface area contributed by atoms with Gasteiger partial charge in [-0.15, -0.1) is 0 Å². The molecule has 4 aromatic rings. The highest BCUT2D eigenvalue weighted by molar-refractivity contribution is 5.98. The molecule has 2 aromatic heterocycles. The Bertz CT molecular complexity index is 1530. The van der Waals surface area contributed by atoms with Crippen molar-refractivity contribution in [2.24, 2.45) is 5.73 Å². The molecule has 10 heteroatoms. The molecule has 3 heterocycles. The summed E-state index contributed by atoms with van der Waals surface area (Å²) in [5, 5.41) is 16.5. The molecule has 1 aliphatic rings. The van der Waals surface area contributed by atoms with E-state index in [2.05, 4.69) is 21.5 Å². The first-order valence-corrected chi connectivity index (χ1v) is 11.7. The average Bonchev–Trinajstić information content (AvgIpc) is 3.65. The zero-order chi connectivity index (χ0) is 26.5. The number of nitrogens with two attached hydrogens (primary N) is 1. The number of nitrogens with one attached hydrogen (secondary N) is 1. The number of aromatic nitrogens is 3. The smallest absolute Gasteiger partial charge is 0.352 e. The molecule has 1 unspecified atom stereocenters. The predicted molar refractivity (Wildman–Crippen MR) is 136 cm³/mol. The van der Waals surface area contributed by atoms with Gasteiger partial charge in [-0.2, -0.15) is 10.4 Å². The van der Waals surface area contributed by atoms with Crippen molar-refractivity contribution in [1.29, 1.82) is 5.26 Å². The number of carbonyl (C=O) groups excluding carboxylic acids is 2. The van der Waals surface area contributed by atoms with Crippen LogP contribution in [0.4, 0.5) is 0 Å². The Morgan fingerprint density at radius 2 is 1.76 bits per heavy atom. The van der Waals surface area contributed by atoms with Crippen molar-refractivity contribution in [2.45, 2.75) is 18.2 Å². The minimum absolute atomic E-state index is 0.206. The number of rotatable bonds is 8. The summed E-state index contributed by atoms with van der Waals surface area (Å²) in [4.78, 5) is 30.5. The highest BCUT2D eigenvalue weighted by Crippen LogP contribution is 2.28. The van der Waals surface area contributed by atoms with Crippen molar-refractivity contribution in [2.75, 3.05) is 0 Å². The van der Waals surface area contributed by atoms with Gasteiger partial charge in [0.15, 0.2) is 5.82 Å². The fourth-order valence-electron chi connectivity index (χ4n) is 4.17. The second-order valence-corrected chi connectivity index (χ2v) is 8.46. The summed E-state index contributed by atoms with van der Waals surface area (Å²) < 4.78 is 12.5. The van der Waals surface area contributed by atoms with E-state index in [0.29, 0.717) is 11.3 Å². The van der Waals surface area contributed by atoms with Crippen LogP contribution in [0.3, 0.4) is 0 Å². The van der Waals surface area contributed by atoms with Gasteiger partial charge in [-0.05, 0) is 35.9 Å². The lowest BCUT2D eigenvalue weighted by atomic mass is 9.97. The van der Waals surface area contributed by atoms with Gasteiger partial charge < -0.3 is 20.5 Å². The largest absolute Gasteiger partial charge is 0.447 e. The van der Waals surface area contributed by atoms with Crippen LogP contribution < -0.4 is 11.1 Å².